The summed E-state index contributed by atoms with van der Waals surface area (Å²) in [7, 11) is 0. The molecular formula is C30H24N2O. The number of aromatic nitrogens is 1. The number of aromatic amines is 1. The third kappa shape index (κ3) is 3.33. The van der Waals surface area contributed by atoms with Gasteiger partial charge in [-0.2, -0.15) is 0 Å². The summed E-state index contributed by atoms with van der Waals surface area (Å²) >= 11 is 0. The molecule has 1 atom stereocenters. The van der Waals surface area contributed by atoms with Crippen molar-refractivity contribution in [3.8, 4) is 11.3 Å². The Morgan fingerprint density at radius 3 is 2.21 bits per heavy atom. The molecule has 1 amide bonds. The molecule has 1 aliphatic rings. The normalized spacial score (nSPS) is 15.2. The van der Waals surface area contributed by atoms with Crippen LogP contribution < -0.4 is 0 Å². The van der Waals surface area contributed by atoms with Gasteiger partial charge in [0.2, 0.25) is 0 Å². The molecule has 0 unspecified atom stereocenters. The molecule has 0 aliphatic carbocycles. The minimum atomic E-state index is -0.135. The zero-order chi connectivity index (χ0) is 22.2. The van der Waals surface area contributed by atoms with E-state index in [1.807, 2.05) is 30.3 Å². The van der Waals surface area contributed by atoms with E-state index < -0.39 is 0 Å². The van der Waals surface area contributed by atoms with Crippen LogP contribution in [0.4, 0.5) is 0 Å². The maximum atomic E-state index is 13.6. The lowest BCUT2D eigenvalue weighted by molar-refractivity contribution is 0.0753. The Kier molecular flexibility index (Phi) is 4.80. The largest absolute Gasteiger partial charge is 0.354 e. The van der Waals surface area contributed by atoms with E-state index in [9.17, 15) is 4.79 Å². The van der Waals surface area contributed by atoms with Crippen LogP contribution in [0.5, 0.6) is 0 Å². The first-order chi connectivity index (χ1) is 16.3. The lowest BCUT2D eigenvalue weighted by atomic mass is 9.93. The van der Waals surface area contributed by atoms with Gasteiger partial charge in [0.05, 0.1) is 11.7 Å². The molecule has 5 aromatic rings. The molecule has 1 N–H and O–H groups in total. The summed E-state index contributed by atoms with van der Waals surface area (Å²) < 4.78 is 0. The second-order valence-electron chi connectivity index (χ2n) is 8.55. The molecule has 0 saturated heterocycles. The summed E-state index contributed by atoms with van der Waals surface area (Å²) in [5.41, 5.74) is 7.59. The van der Waals surface area contributed by atoms with Crippen LogP contribution in [-0.2, 0) is 6.42 Å². The third-order valence-electron chi connectivity index (χ3n) is 6.62. The van der Waals surface area contributed by atoms with E-state index in [2.05, 4.69) is 88.7 Å². The van der Waals surface area contributed by atoms with Crippen LogP contribution in [0.2, 0.25) is 0 Å². The van der Waals surface area contributed by atoms with Gasteiger partial charge in [0.25, 0.3) is 5.91 Å². The number of rotatable bonds is 5. The van der Waals surface area contributed by atoms with Crippen molar-refractivity contribution in [3.63, 3.8) is 0 Å². The molecular weight excluding hydrogens is 404 g/mol. The van der Waals surface area contributed by atoms with Crippen LogP contribution in [-0.4, -0.2) is 22.3 Å². The first-order valence-electron chi connectivity index (χ1n) is 11.4. The van der Waals surface area contributed by atoms with E-state index in [1.54, 1.807) is 0 Å². The quantitative estimate of drug-likeness (QED) is 0.335. The van der Waals surface area contributed by atoms with E-state index in [-0.39, 0.29) is 11.9 Å². The molecule has 33 heavy (non-hydrogen) atoms. The predicted molar refractivity (Wildman–Crippen MR) is 133 cm³/mol. The summed E-state index contributed by atoms with van der Waals surface area (Å²) in [5, 5.41) is 1.16. The van der Waals surface area contributed by atoms with Gasteiger partial charge >= 0.3 is 0 Å². The van der Waals surface area contributed by atoms with Gasteiger partial charge in [0, 0.05) is 28.6 Å². The number of para-hydroxylation sites is 1. The van der Waals surface area contributed by atoms with Gasteiger partial charge in [-0.3, -0.25) is 4.79 Å². The Morgan fingerprint density at radius 1 is 0.727 bits per heavy atom. The highest BCUT2D eigenvalue weighted by Gasteiger charge is 2.39. The summed E-state index contributed by atoms with van der Waals surface area (Å²) in [4.78, 5) is 19.3. The SMILES string of the molecule is O=C1c2ccccc2[C@@H](c2c(-c3ccccc3)[nH]c3ccccc23)N1CCc1ccccc1. The molecule has 2 heterocycles. The van der Waals surface area contributed by atoms with Gasteiger partial charge in [-0.15, -0.1) is 0 Å². The highest BCUT2D eigenvalue weighted by Crippen LogP contribution is 2.45. The number of H-pyrrole nitrogens is 1. The van der Waals surface area contributed by atoms with E-state index >= 15 is 0 Å². The molecule has 4 aromatic carbocycles. The summed E-state index contributed by atoms with van der Waals surface area (Å²) in [6.07, 6.45) is 0.820. The minimum Gasteiger partial charge on any atom is -0.354 e. The van der Waals surface area contributed by atoms with Gasteiger partial charge in [-0.1, -0.05) is 97.1 Å². The van der Waals surface area contributed by atoms with Crippen molar-refractivity contribution in [2.24, 2.45) is 0 Å². The summed E-state index contributed by atoms with van der Waals surface area (Å²) in [5.74, 6) is 0.107. The molecule has 160 valence electrons. The Bertz CT molecular complexity index is 1440. The standard InChI is InChI=1S/C30H24N2O/c33-30-24-16-8-7-15-23(24)29(32(30)20-19-21-11-3-1-4-12-21)27-25-17-9-10-18-26(25)31-28(27)22-13-5-2-6-14-22/h1-18,29,31H,19-20H2/t29-/m0/s1. The lowest BCUT2D eigenvalue weighted by Crippen LogP contribution is -2.31. The van der Waals surface area contributed by atoms with E-state index in [4.69, 9.17) is 0 Å². The lowest BCUT2D eigenvalue weighted by Gasteiger charge is -2.27. The first-order valence-corrected chi connectivity index (χ1v) is 11.4. The molecule has 3 nitrogen and oxygen atoms in total. The van der Waals surface area contributed by atoms with Gasteiger partial charge in [0.1, 0.15) is 0 Å². The molecule has 0 fully saturated rings. The number of carbonyl (C=O) groups excluding carboxylic acids is 1. The highest BCUT2D eigenvalue weighted by molar-refractivity contribution is 6.02. The van der Waals surface area contributed by atoms with Crippen molar-refractivity contribution < 1.29 is 4.79 Å². The van der Waals surface area contributed by atoms with Crippen molar-refractivity contribution in [1.29, 1.82) is 0 Å². The van der Waals surface area contributed by atoms with Crippen LogP contribution >= 0.6 is 0 Å². The number of benzene rings is 4. The van der Waals surface area contributed by atoms with E-state index in [0.717, 1.165) is 39.7 Å². The molecule has 0 radical (unpaired) electrons. The zero-order valence-corrected chi connectivity index (χ0v) is 18.2. The molecule has 0 saturated carbocycles. The number of carbonyl (C=O) groups is 1. The summed E-state index contributed by atoms with van der Waals surface area (Å²) in [6, 6.07) is 37.2. The zero-order valence-electron chi connectivity index (χ0n) is 18.2. The Morgan fingerprint density at radius 2 is 1.39 bits per heavy atom. The number of hydrogen-bond donors (Lipinski definition) is 1. The number of fused-ring (bicyclic) bond motifs is 2. The van der Waals surface area contributed by atoms with Crippen molar-refractivity contribution in [2.45, 2.75) is 12.5 Å². The molecule has 0 spiro atoms. The van der Waals surface area contributed by atoms with Gasteiger partial charge in [0.15, 0.2) is 0 Å². The number of nitrogens with one attached hydrogen (secondary N) is 1. The van der Waals surface area contributed by atoms with Crippen LogP contribution in [0.25, 0.3) is 22.2 Å². The van der Waals surface area contributed by atoms with Crippen LogP contribution in [0, 0.1) is 0 Å². The van der Waals surface area contributed by atoms with Crippen LogP contribution in [0.3, 0.4) is 0 Å². The van der Waals surface area contributed by atoms with Crippen molar-refractivity contribution in [2.75, 3.05) is 6.54 Å². The first kappa shape index (κ1) is 19.6. The highest BCUT2D eigenvalue weighted by atomic mass is 16.2. The molecule has 1 aromatic heterocycles. The second kappa shape index (κ2) is 8.10. The Balaban J connectivity index is 1.53. The fourth-order valence-electron chi connectivity index (χ4n) is 5.09. The van der Waals surface area contributed by atoms with Crippen molar-refractivity contribution in [1.82, 2.24) is 9.88 Å². The van der Waals surface area contributed by atoms with E-state index in [1.165, 1.54) is 11.1 Å². The van der Waals surface area contributed by atoms with E-state index in [0.29, 0.717) is 6.54 Å². The third-order valence-corrected chi connectivity index (χ3v) is 6.62. The smallest absolute Gasteiger partial charge is 0.255 e. The monoisotopic (exact) mass is 428 g/mol. The minimum absolute atomic E-state index is 0.107. The fraction of sp³-hybridized carbons (Fsp3) is 0.100. The Hall–Kier alpha value is -4.11. The van der Waals surface area contributed by atoms with Crippen molar-refractivity contribution >= 4 is 16.8 Å². The molecule has 6 rings (SSSR count). The summed E-state index contributed by atoms with van der Waals surface area (Å²) in [6.45, 7) is 0.663. The van der Waals surface area contributed by atoms with Gasteiger partial charge in [-0.05, 0) is 35.2 Å². The number of hydrogen-bond acceptors (Lipinski definition) is 1. The van der Waals surface area contributed by atoms with Crippen molar-refractivity contribution in [3.05, 3.63) is 131 Å². The average Bonchev–Trinajstić information content (AvgIpc) is 3.39. The van der Waals surface area contributed by atoms with Gasteiger partial charge < -0.3 is 9.88 Å². The molecule has 1 aliphatic heterocycles. The average molecular weight is 429 g/mol. The maximum absolute atomic E-state index is 13.6. The van der Waals surface area contributed by atoms with Crippen LogP contribution in [0.1, 0.15) is 33.1 Å². The number of nitrogens with zero attached hydrogens (tertiary/aromatic N) is 1. The van der Waals surface area contributed by atoms with Crippen LogP contribution in [0.15, 0.2) is 109 Å². The Labute approximate surface area is 193 Å². The second-order valence-corrected chi connectivity index (χ2v) is 8.55. The number of amides is 1. The maximum Gasteiger partial charge on any atom is 0.255 e. The molecule has 0 bridgehead atoms. The topological polar surface area (TPSA) is 36.1 Å². The molecule has 3 heteroatoms. The fourth-order valence-corrected chi connectivity index (χ4v) is 5.09. The van der Waals surface area contributed by atoms with Gasteiger partial charge in [-0.25, -0.2) is 0 Å². The predicted octanol–water partition coefficient (Wildman–Crippen LogP) is 6.62.